The molecular weight excluding hydrogens is 254 g/mol. The fraction of sp³-hybridized carbons (Fsp3) is 0.333. The molecule has 6 heteroatoms. The zero-order valence-corrected chi connectivity index (χ0v) is 10.5. The van der Waals surface area contributed by atoms with Gasteiger partial charge in [-0.1, -0.05) is 17.7 Å². The van der Waals surface area contributed by atoms with E-state index >= 15 is 0 Å². The number of amides is 2. The van der Waals surface area contributed by atoms with E-state index < -0.39 is 0 Å². The highest BCUT2D eigenvalue weighted by Gasteiger charge is 2.19. The molecule has 0 spiro atoms. The minimum Gasteiger partial charge on any atom is -0.331 e. The Morgan fingerprint density at radius 1 is 1.50 bits per heavy atom. The van der Waals surface area contributed by atoms with Gasteiger partial charge in [0.2, 0.25) is 11.8 Å². The van der Waals surface area contributed by atoms with Crippen molar-refractivity contribution in [2.24, 2.45) is 0 Å². The lowest BCUT2D eigenvalue weighted by molar-refractivity contribution is -0.135. The Labute approximate surface area is 110 Å². The number of piperazine rings is 1. The fourth-order valence-corrected chi connectivity index (χ4v) is 1.94. The van der Waals surface area contributed by atoms with Crippen LogP contribution < -0.4 is 10.6 Å². The maximum Gasteiger partial charge on any atom is 0.243 e. The smallest absolute Gasteiger partial charge is 0.243 e. The Morgan fingerprint density at radius 2 is 2.33 bits per heavy atom. The maximum absolute atomic E-state index is 11.8. The van der Waals surface area contributed by atoms with E-state index in [1.165, 1.54) is 4.90 Å². The molecule has 0 atom stereocenters. The predicted octanol–water partition coefficient (Wildman–Crippen LogP) is 0.710. The number of halogens is 1. The summed E-state index contributed by atoms with van der Waals surface area (Å²) in [5, 5.41) is 6.23. The Bertz CT molecular complexity index is 464. The lowest BCUT2D eigenvalue weighted by Gasteiger charge is -2.26. The van der Waals surface area contributed by atoms with Crippen LogP contribution in [0.1, 0.15) is 0 Å². The van der Waals surface area contributed by atoms with Gasteiger partial charge in [0.15, 0.2) is 0 Å². The summed E-state index contributed by atoms with van der Waals surface area (Å²) < 4.78 is 0. The fourth-order valence-electron chi connectivity index (χ4n) is 1.75. The second-order valence-corrected chi connectivity index (χ2v) is 4.49. The van der Waals surface area contributed by atoms with Crippen molar-refractivity contribution in [2.75, 3.05) is 31.5 Å². The molecule has 0 aliphatic carbocycles. The SMILES string of the molecule is O=C(CN1CCNCC1=O)Nc1cccc(Cl)c1. The highest BCUT2D eigenvalue weighted by atomic mass is 35.5. The maximum atomic E-state index is 11.8. The molecular formula is C12H14ClN3O2. The summed E-state index contributed by atoms with van der Waals surface area (Å²) in [6.45, 7) is 1.65. The minimum atomic E-state index is -0.215. The molecule has 1 aliphatic rings. The van der Waals surface area contributed by atoms with Gasteiger partial charge in [-0.05, 0) is 18.2 Å². The third kappa shape index (κ3) is 3.45. The molecule has 0 radical (unpaired) electrons. The molecule has 0 aromatic heterocycles. The molecule has 1 saturated heterocycles. The van der Waals surface area contributed by atoms with Gasteiger partial charge in [-0.25, -0.2) is 0 Å². The van der Waals surface area contributed by atoms with Gasteiger partial charge in [0, 0.05) is 23.8 Å². The van der Waals surface area contributed by atoms with Crippen molar-refractivity contribution in [3.8, 4) is 0 Å². The standard InChI is InChI=1S/C12H14ClN3O2/c13-9-2-1-3-10(6-9)15-11(17)8-16-5-4-14-7-12(16)18/h1-3,6,14H,4-5,7-8H2,(H,15,17). The van der Waals surface area contributed by atoms with Crippen molar-refractivity contribution in [3.63, 3.8) is 0 Å². The van der Waals surface area contributed by atoms with E-state index in [2.05, 4.69) is 10.6 Å². The molecule has 1 aromatic rings. The number of hydrogen-bond donors (Lipinski definition) is 2. The first-order valence-electron chi connectivity index (χ1n) is 5.69. The van der Waals surface area contributed by atoms with Crippen molar-refractivity contribution in [1.29, 1.82) is 0 Å². The largest absolute Gasteiger partial charge is 0.331 e. The molecule has 1 heterocycles. The van der Waals surface area contributed by atoms with Crippen molar-refractivity contribution >= 4 is 29.1 Å². The summed E-state index contributed by atoms with van der Waals surface area (Å²) in [6, 6.07) is 6.91. The molecule has 18 heavy (non-hydrogen) atoms. The average Bonchev–Trinajstić information content (AvgIpc) is 2.32. The molecule has 1 aromatic carbocycles. The second-order valence-electron chi connectivity index (χ2n) is 4.05. The van der Waals surface area contributed by atoms with E-state index in [9.17, 15) is 9.59 Å². The second kappa shape index (κ2) is 5.84. The molecule has 96 valence electrons. The lowest BCUT2D eigenvalue weighted by Crippen LogP contribution is -2.50. The third-order valence-electron chi connectivity index (χ3n) is 2.63. The topological polar surface area (TPSA) is 61.4 Å². The number of carbonyl (C=O) groups is 2. The first-order chi connectivity index (χ1) is 8.65. The Balaban J connectivity index is 1.90. The monoisotopic (exact) mass is 267 g/mol. The van der Waals surface area contributed by atoms with Gasteiger partial charge >= 0.3 is 0 Å². The zero-order chi connectivity index (χ0) is 13.0. The number of anilines is 1. The summed E-state index contributed by atoms with van der Waals surface area (Å²) in [4.78, 5) is 24.8. The summed E-state index contributed by atoms with van der Waals surface area (Å²) in [7, 11) is 0. The quantitative estimate of drug-likeness (QED) is 0.848. The van der Waals surface area contributed by atoms with Crippen LogP contribution in [0.25, 0.3) is 0 Å². The number of rotatable bonds is 3. The van der Waals surface area contributed by atoms with Crippen LogP contribution in [-0.4, -0.2) is 42.9 Å². The molecule has 2 rings (SSSR count). The van der Waals surface area contributed by atoms with E-state index in [1.54, 1.807) is 24.3 Å². The van der Waals surface area contributed by atoms with Crippen LogP contribution in [-0.2, 0) is 9.59 Å². The van der Waals surface area contributed by atoms with E-state index in [1.807, 2.05) is 0 Å². The summed E-state index contributed by atoms with van der Waals surface area (Å²) in [6.07, 6.45) is 0. The summed E-state index contributed by atoms with van der Waals surface area (Å²) in [5.74, 6) is -0.269. The Kier molecular flexibility index (Phi) is 4.17. The van der Waals surface area contributed by atoms with Gasteiger partial charge in [0.1, 0.15) is 0 Å². The van der Waals surface area contributed by atoms with Gasteiger partial charge in [-0.2, -0.15) is 0 Å². The van der Waals surface area contributed by atoms with Crippen molar-refractivity contribution < 1.29 is 9.59 Å². The molecule has 0 saturated carbocycles. The molecule has 0 bridgehead atoms. The van der Waals surface area contributed by atoms with Crippen molar-refractivity contribution in [1.82, 2.24) is 10.2 Å². The first kappa shape index (κ1) is 12.9. The normalized spacial score (nSPS) is 15.6. The summed E-state index contributed by atoms with van der Waals surface area (Å²) in [5.41, 5.74) is 0.634. The highest BCUT2D eigenvalue weighted by molar-refractivity contribution is 6.30. The van der Waals surface area contributed by atoms with Gasteiger partial charge in [0.05, 0.1) is 13.1 Å². The highest BCUT2D eigenvalue weighted by Crippen LogP contribution is 2.14. The Morgan fingerprint density at radius 3 is 3.06 bits per heavy atom. The van der Waals surface area contributed by atoms with Crippen LogP contribution >= 0.6 is 11.6 Å². The Hall–Kier alpha value is -1.59. The minimum absolute atomic E-state index is 0.0532. The van der Waals surface area contributed by atoms with Gasteiger partial charge < -0.3 is 15.5 Å². The van der Waals surface area contributed by atoms with E-state index in [0.29, 0.717) is 23.8 Å². The number of carbonyl (C=O) groups excluding carboxylic acids is 2. The number of nitrogens with zero attached hydrogens (tertiary/aromatic N) is 1. The summed E-state index contributed by atoms with van der Waals surface area (Å²) >= 11 is 5.82. The van der Waals surface area contributed by atoms with Crippen LogP contribution in [0.3, 0.4) is 0 Å². The molecule has 0 unspecified atom stereocenters. The molecule has 2 amide bonds. The average molecular weight is 268 g/mol. The lowest BCUT2D eigenvalue weighted by atomic mass is 10.3. The first-order valence-corrected chi connectivity index (χ1v) is 6.07. The van der Waals surface area contributed by atoms with E-state index in [0.717, 1.165) is 6.54 Å². The third-order valence-corrected chi connectivity index (χ3v) is 2.87. The van der Waals surface area contributed by atoms with E-state index in [4.69, 9.17) is 11.6 Å². The predicted molar refractivity (Wildman–Crippen MR) is 69.5 cm³/mol. The van der Waals surface area contributed by atoms with Gasteiger partial charge in [-0.3, -0.25) is 9.59 Å². The number of hydrogen-bond acceptors (Lipinski definition) is 3. The zero-order valence-electron chi connectivity index (χ0n) is 9.78. The van der Waals surface area contributed by atoms with Crippen molar-refractivity contribution in [2.45, 2.75) is 0 Å². The molecule has 5 nitrogen and oxygen atoms in total. The van der Waals surface area contributed by atoms with Crippen LogP contribution in [0, 0.1) is 0 Å². The van der Waals surface area contributed by atoms with Gasteiger partial charge in [-0.15, -0.1) is 0 Å². The van der Waals surface area contributed by atoms with Gasteiger partial charge in [0.25, 0.3) is 0 Å². The molecule has 2 N–H and O–H groups in total. The van der Waals surface area contributed by atoms with Crippen LogP contribution in [0.2, 0.25) is 5.02 Å². The molecule has 1 aliphatic heterocycles. The molecule has 1 fully saturated rings. The van der Waals surface area contributed by atoms with Crippen LogP contribution in [0.15, 0.2) is 24.3 Å². The van der Waals surface area contributed by atoms with Crippen LogP contribution in [0.5, 0.6) is 0 Å². The van der Waals surface area contributed by atoms with Crippen molar-refractivity contribution in [3.05, 3.63) is 29.3 Å². The van der Waals surface area contributed by atoms with E-state index in [-0.39, 0.29) is 18.4 Å². The number of benzene rings is 1. The van der Waals surface area contributed by atoms with Crippen LogP contribution in [0.4, 0.5) is 5.69 Å². The number of nitrogens with one attached hydrogen (secondary N) is 2.